The third-order valence-electron chi connectivity index (χ3n) is 6.51. The molecule has 4 rings (SSSR count). The quantitative estimate of drug-likeness (QED) is 0.202. The van der Waals surface area contributed by atoms with Crippen molar-refractivity contribution < 1.29 is 17.9 Å². The molecule has 2 aromatic carbocycles. The minimum Gasteiger partial charge on any atom is -0.405 e. The summed E-state index contributed by atoms with van der Waals surface area (Å²) in [6.07, 6.45) is 0.864. The Kier molecular flexibility index (Phi) is 12.7. The first-order valence-corrected chi connectivity index (χ1v) is 13.1. The van der Waals surface area contributed by atoms with Crippen LogP contribution in [0.2, 0.25) is 0 Å². The Labute approximate surface area is 241 Å². The molecule has 0 saturated heterocycles. The van der Waals surface area contributed by atoms with Gasteiger partial charge < -0.3 is 20.7 Å². The molecule has 0 spiro atoms. The average Bonchev–Trinajstić information content (AvgIpc) is 2.84. The lowest BCUT2D eigenvalue weighted by Crippen LogP contribution is -2.32. The van der Waals surface area contributed by atoms with E-state index in [9.17, 15) is 13.2 Å². The molecule has 1 heterocycles. The van der Waals surface area contributed by atoms with Gasteiger partial charge >= 0.3 is 6.36 Å². The number of aryl methyl sites for hydroxylation is 1. The van der Waals surface area contributed by atoms with Gasteiger partial charge in [-0.2, -0.15) is 4.98 Å². The fourth-order valence-electron chi connectivity index (χ4n) is 4.69. The maximum atomic E-state index is 12.7. The van der Waals surface area contributed by atoms with Crippen molar-refractivity contribution >= 4 is 63.4 Å². The third kappa shape index (κ3) is 9.32. The predicted molar refractivity (Wildman–Crippen MR) is 155 cm³/mol. The zero-order valence-corrected chi connectivity index (χ0v) is 24.2. The first-order chi connectivity index (χ1) is 17.3. The molecular weight excluding hydrogens is 606 g/mol. The molecule has 12 heteroatoms. The molecular formula is C26H33BrCl2F3N5O. The summed E-state index contributed by atoms with van der Waals surface area (Å²) in [5.74, 6) is 1.92. The number of para-hydroxylation sites is 1. The minimum atomic E-state index is -4.70. The number of ether oxygens (including phenoxy) is 1. The Morgan fingerprint density at radius 2 is 1.76 bits per heavy atom. The lowest BCUT2D eigenvalue weighted by Gasteiger charge is -2.29. The molecule has 0 unspecified atom stereocenters. The van der Waals surface area contributed by atoms with E-state index in [1.54, 1.807) is 12.1 Å². The zero-order valence-electron chi connectivity index (χ0n) is 21.0. The smallest absolute Gasteiger partial charge is 0.405 e. The Morgan fingerprint density at radius 3 is 2.47 bits per heavy atom. The van der Waals surface area contributed by atoms with Gasteiger partial charge in [0.15, 0.2) is 0 Å². The number of fused-ring (bicyclic) bond motifs is 1. The second-order valence-electron chi connectivity index (χ2n) is 9.13. The topological polar surface area (TPSA) is 71.1 Å². The molecule has 6 nitrogen and oxygen atoms in total. The van der Waals surface area contributed by atoms with E-state index in [0.717, 1.165) is 61.9 Å². The van der Waals surface area contributed by atoms with E-state index in [1.165, 1.54) is 6.07 Å². The minimum absolute atomic E-state index is 0. The number of alkyl halides is 3. The van der Waals surface area contributed by atoms with Crippen molar-refractivity contribution in [2.45, 2.75) is 50.9 Å². The van der Waals surface area contributed by atoms with Crippen LogP contribution in [0.25, 0.3) is 10.9 Å². The first kappa shape index (κ1) is 32.2. The number of halogens is 6. The summed E-state index contributed by atoms with van der Waals surface area (Å²) in [6, 6.07) is 13.1. The van der Waals surface area contributed by atoms with Gasteiger partial charge in [-0.25, -0.2) is 4.98 Å². The van der Waals surface area contributed by atoms with Crippen molar-refractivity contribution in [3.05, 3.63) is 52.5 Å². The van der Waals surface area contributed by atoms with Crippen LogP contribution in [0.5, 0.6) is 5.75 Å². The van der Waals surface area contributed by atoms with Crippen LogP contribution in [-0.4, -0.2) is 42.5 Å². The first-order valence-electron chi connectivity index (χ1n) is 12.3. The highest BCUT2D eigenvalue weighted by molar-refractivity contribution is 9.10. The number of nitrogens with one attached hydrogen (secondary N) is 3. The van der Waals surface area contributed by atoms with Crippen molar-refractivity contribution in [3.63, 3.8) is 0 Å². The second kappa shape index (κ2) is 15.0. The number of hydrogen-bond acceptors (Lipinski definition) is 6. The van der Waals surface area contributed by atoms with Gasteiger partial charge in [-0.3, -0.25) is 0 Å². The summed E-state index contributed by atoms with van der Waals surface area (Å²) in [4.78, 5) is 9.31. The number of benzene rings is 2. The van der Waals surface area contributed by atoms with E-state index in [1.807, 2.05) is 31.3 Å². The van der Waals surface area contributed by atoms with Crippen LogP contribution >= 0.6 is 40.7 Å². The van der Waals surface area contributed by atoms with E-state index in [2.05, 4.69) is 46.6 Å². The normalized spacial score (nSPS) is 17.3. The predicted octanol–water partition coefficient (Wildman–Crippen LogP) is 7.37. The molecule has 1 saturated carbocycles. The molecule has 0 aliphatic heterocycles. The van der Waals surface area contributed by atoms with Gasteiger partial charge in [-0.1, -0.05) is 34.1 Å². The van der Waals surface area contributed by atoms with Gasteiger partial charge in [0, 0.05) is 22.9 Å². The van der Waals surface area contributed by atoms with Gasteiger partial charge in [0.25, 0.3) is 0 Å². The molecule has 1 aromatic heterocycles. The van der Waals surface area contributed by atoms with Crippen LogP contribution in [0.15, 0.2) is 46.9 Å². The number of hydrogen-bond donors (Lipinski definition) is 3. The lowest BCUT2D eigenvalue weighted by atomic mass is 9.86. The molecule has 0 amide bonds. The van der Waals surface area contributed by atoms with Crippen LogP contribution in [0.1, 0.15) is 37.7 Å². The molecule has 1 aliphatic rings. The van der Waals surface area contributed by atoms with E-state index < -0.39 is 6.36 Å². The molecule has 1 fully saturated rings. The Balaban J connectivity index is 0.00000253. The molecule has 0 bridgehead atoms. The summed E-state index contributed by atoms with van der Waals surface area (Å²) in [5.41, 5.74) is 1.47. The lowest BCUT2D eigenvalue weighted by molar-refractivity contribution is -0.274. The van der Waals surface area contributed by atoms with E-state index >= 15 is 0 Å². The summed E-state index contributed by atoms with van der Waals surface area (Å²) in [7, 11) is 1.87. The number of anilines is 2. The van der Waals surface area contributed by atoms with E-state index in [0.29, 0.717) is 34.4 Å². The number of rotatable bonds is 10. The van der Waals surface area contributed by atoms with Crippen LogP contribution in [-0.2, 0) is 6.42 Å². The number of aromatic nitrogens is 2. The van der Waals surface area contributed by atoms with E-state index in [4.69, 9.17) is 0 Å². The second-order valence-corrected chi connectivity index (χ2v) is 10.0. The van der Waals surface area contributed by atoms with Crippen LogP contribution in [0, 0.1) is 5.92 Å². The average molecular weight is 639 g/mol. The standard InChI is InChI=1S/C26H31BrF3N5O.2ClH/c1-31-24-21-6-2-3-7-22(21)34-25(35-24)33-20-12-8-17(9-13-20)16-32-14-4-5-18-10-11-19(27)15-23(18)36-26(28,29)30;;/h2-3,6-7,10-11,15,17,20,32H,4-5,8-9,12-14,16H2,1H3,(H2,31,33,34,35);2*1H. The van der Waals surface area contributed by atoms with Gasteiger partial charge in [0.05, 0.1) is 5.52 Å². The molecule has 0 atom stereocenters. The highest BCUT2D eigenvalue weighted by atomic mass is 79.9. The van der Waals surface area contributed by atoms with Gasteiger partial charge in [-0.05, 0) is 87.4 Å². The highest BCUT2D eigenvalue weighted by Crippen LogP contribution is 2.30. The zero-order chi connectivity index (χ0) is 25.5. The van der Waals surface area contributed by atoms with Crippen molar-refractivity contribution in [3.8, 4) is 5.75 Å². The fraction of sp³-hybridized carbons (Fsp3) is 0.462. The molecule has 3 N–H and O–H groups in total. The summed E-state index contributed by atoms with van der Waals surface area (Å²) in [6.45, 7) is 1.66. The number of nitrogens with zero attached hydrogens (tertiary/aromatic N) is 2. The van der Waals surface area contributed by atoms with Gasteiger partial charge in [-0.15, -0.1) is 38.0 Å². The summed E-state index contributed by atoms with van der Waals surface area (Å²) >= 11 is 3.21. The van der Waals surface area contributed by atoms with Crippen molar-refractivity contribution in [1.29, 1.82) is 0 Å². The fourth-order valence-corrected chi connectivity index (χ4v) is 5.03. The van der Waals surface area contributed by atoms with E-state index in [-0.39, 0.29) is 30.6 Å². The molecule has 3 aromatic rings. The SMILES string of the molecule is CNc1nc(NC2CCC(CNCCCc3ccc(Br)cc3OC(F)(F)F)CC2)nc2ccccc12.Cl.Cl. The maximum absolute atomic E-state index is 12.7. The van der Waals surface area contributed by atoms with Crippen molar-refractivity contribution in [1.82, 2.24) is 15.3 Å². The van der Waals surface area contributed by atoms with Crippen LogP contribution in [0.4, 0.5) is 24.9 Å². The molecule has 38 heavy (non-hydrogen) atoms. The highest BCUT2D eigenvalue weighted by Gasteiger charge is 2.32. The Hall–Kier alpha value is -2.01. The largest absolute Gasteiger partial charge is 0.573 e. The van der Waals surface area contributed by atoms with Gasteiger partial charge in [0.1, 0.15) is 11.6 Å². The third-order valence-corrected chi connectivity index (χ3v) is 7.00. The van der Waals surface area contributed by atoms with Crippen LogP contribution in [0.3, 0.4) is 0 Å². The molecule has 210 valence electrons. The van der Waals surface area contributed by atoms with Gasteiger partial charge in [0.2, 0.25) is 5.95 Å². The monoisotopic (exact) mass is 637 g/mol. The summed E-state index contributed by atoms with van der Waals surface area (Å²) < 4.78 is 42.8. The Morgan fingerprint density at radius 1 is 1.03 bits per heavy atom. The summed E-state index contributed by atoms with van der Waals surface area (Å²) in [5, 5.41) is 11.1. The molecule has 0 radical (unpaired) electrons. The maximum Gasteiger partial charge on any atom is 0.573 e. The molecule has 1 aliphatic carbocycles. The van der Waals surface area contributed by atoms with Crippen LogP contribution < -0.4 is 20.7 Å². The Bertz CT molecular complexity index is 1160. The van der Waals surface area contributed by atoms with Crippen molar-refractivity contribution in [2.75, 3.05) is 30.8 Å². The van der Waals surface area contributed by atoms with Crippen molar-refractivity contribution in [2.24, 2.45) is 5.92 Å².